The molecule has 0 unspecified atom stereocenters. The number of aliphatic hydroxyl groups excluding tert-OH is 1. The number of nitrogen functional groups attached to an aromatic ring is 1. The first-order chi connectivity index (χ1) is 13.2. The zero-order chi connectivity index (χ0) is 20.5. The number of aromatic amines is 1. The van der Waals surface area contributed by atoms with E-state index < -0.39 is 24.2 Å². The maximum Gasteiger partial charge on any atom is 0.471 e. The molecule has 3 aromatic rings. The lowest BCUT2D eigenvalue weighted by atomic mass is 10.2. The first kappa shape index (κ1) is 19.2. The van der Waals surface area contributed by atoms with Gasteiger partial charge >= 0.3 is 12.1 Å². The topological polar surface area (TPSA) is 138 Å². The number of aliphatic hydroxyl groups is 1. The average molecular weight is 394 g/mol. The molecular formula is C16H13F3N6O3. The number of hydrogen-bond donors (Lipinski definition) is 3. The van der Waals surface area contributed by atoms with E-state index in [4.69, 9.17) is 10.8 Å². The fraction of sp³-hybridized carbons (Fsp3) is 0.188. The number of nitrogens with two attached hydrogens (primary N) is 1. The summed E-state index contributed by atoms with van der Waals surface area (Å²) in [6.45, 7) is -0.897. The third kappa shape index (κ3) is 3.91. The van der Waals surface area contributed by atoms with Crippen LogP contribution in [0.3, 0.4) is 0 Å². The fourth-order valence-corrected chi connectivity index (χ4v) is 2.42. The van der Waals surface area contributed by atoms with Gasteiger partial charge in [-0.15, -0.1) is 0 Å². The van der Waals surface area contributed by atoms with E-state index in [1.54, 1.807) is 0 Å². The van der Waals surface area contributed by atoms with Gasteiger partial charge in [-0.2, -0.15) is 18.2 Å². The Labute approximate surface area is 154 Å². The van der Waals surface area contributed by atoms with Crippen LogP contribution in [-0.2, 0) is 17.9 Å². The van der Waals surface area contributed by atoms with E-state index >= 15 is 0 Å². The summed E-state index contributed by atoms with van der Waals surface area (Å²) >= 11 is 0. The number of carbonyl (C=O) groups is 1. The number of fused-ring (bicyclic) bond motifs is 1. The zero-order valence-corrected chi connectivity index (χ0v) is 14.1. The van der Waals surface area contributed by atoms with Gasteiger partial charge in [0.1, 0.15) is 0 Å². The smallest absolute Gasteiger partial charge is 0.392 e. The van der Waals surface area contributed by atoms with Crippen LogP contribution in [0.5, 0.6) is 0 Å². The number of hydrogen-bond acceptors (Lipinski definition) is 7. The van der Waals surface area contributed by atoms with E-state index in [0.717, 1.165) is 6.20 Å². The van der Waals surface area contributed by atoms with Crippen molar-refractivity contribution in [1.82, 2.24) is 19.9 Å². The van der Waals surface area contributed by atoms with Gasteiger partial charge in [-0.05, 0) is 17.7 Å². The third-order valence-corrected chi connectivity index (χ3v) is 3.72. The second-order valence-electron chi connectivity index (χ2n) is 5.70. The summed E-state index contributed by atoms with van der Waals surface area (Å²) in [6.07, 6.45) is -4.03. The van der Waals surface area contributed by atoms with Gasteiger partial charge in [0.2, 0.25) is 5.95 Å². The molecule has 146 valence electrons. The van der Waals surface area contributed by atoms with Crippen LogP contribution < -0.4 is 16.2 Å². The predicted octanol–water partition coefficient (Wildman–Crippen LogP) is 0.883. The first-order valence-corrected chi connectivity index (χ1v) is 7.79. The molecule has 9 nitrogen and oxygen atoms in total. The Hall–Kier alpha value is -3.54. The molecule has 2 aromatic heterocycles. The summed E-state index contributed by atoms with van der Waals surface area (Å²) in [5.74, 6) is -2.30. The standard InChI is InChI=1S/C16H13F3N6O3/c17-16(18,19)14(28)25(10-3-1-8(7-26)2-4-10)6-9-5-21-12-11(22-9)13(27)24-15(20)23-12/h1-5,26H,6-7H2,(H3,20,21,23,24,27). The summed E-state index contributed by atoms with van der Waals surface area (Å²) < 4.78 is 39.1. The van der Waals surface area contributed by atoms with Crippen LogP contribution in [0.15, 0.2) is 35.3 Å². The number of rotatable bonds is 4. The van der Waals surface area contributed by atoms with Gasteiger partial charge in [-0.25, -0.2) is 9.97 Å². The number of halogens is 3. The van der Waals surface area contributed by atoms with E-state index in [2.05, 4.69) is 19.9 Å². The van der Waals surface area contributed by atoms with Crippen molar-refractivity contribution < 1.29 is 23.1 Å². The summed E-state index contributed by atoms with van der Waals surface area (Å²) in [7, 11) is 0. The van der Waals surface area contributed by atoms with E-state index in [-0.39, 0.29) is 35.1 Å². The molecule has 0 aliphatic carbocycles. The monoisotopic (exact) mass is 394 g/mol. The Balaban J connectivity index is 2.02. The molecular weight excluding hydrogens is 381 g/mol. The van der Waals surface area contributed by atoms with Gasteiger partial charge in [0.25, 0.3) is 5.56 Å². The van der Waals surface area contributed by atoms with Crippen LogP contribution in [-0.4, -0.2) is 37.1 Å². The van der Waals surface area contributed by atoms with Gasteiger partial charge in [0.15, 0.2) is 11.2 Å². The van der Waals surface area contributed by atoms with Crippen molar-refractivity contribution in [2.45, 2.75) is 19.3 Å². The molecule has 0 fully saturated rings. The number of nitrogens with zero attached hydrogens (tertiary/aromatic N) is 4. The van der Waals surface area contributed by atoms with Crippen molar-refractivity contribution in [2.75, 3.05) is 10.6 Å². The molecule has 2 heterocycles. The van der Waals surface area contributed by atoms with Crippen LogP contribution in [0.2, 0.25) is 0 Å². The quantitative estimate of drug-likeness (QED) is 0.597. The van der Waals surface area contributed by atoms with Crippen molar-refractivity contribution in [3.8, 4) is 0 Å². The number of carbonyl (C=O) groups excluding carboxylic acids is 1. The molecule has 0 radical (unpaired) electrons. The van der Waals surface area contributed by atoms with Crippen LogP contribution >= 0.6 is 0 Å². The molecule has 1 amide bonds. The number of aromatic nitrogens is 4. The molecule has 0 saturated carbocycles. The number of alkyl halides is 3. The Kier molecular flexibility index (Phi) is 4.96. The zero-order valence-electron chi connectivity index (χ0n) is 14.1. The Morgan fingerprint density at radius 1 is 1.21 bits per heavy atom. The highest BCUT2D eigenvalue weighted by Crippen LogP contribution is 2.25. The molecule has 0 aliphatic heterocycles. The lowest BCUT2D eigenvalue weighted by Gasteiger charge is -2.23. The molecule has 28 heavy (non-hydrogen) atoms. The van der Waals surface area contributed by atoms with Gasteiger partial charge in [0.05, 0.1) is 25.0 Å². The summed E-state index contributed by atoms with van der Waals surface area (Å²) in [4.78, 5) is 38.1. The minimum atomic E-state index is -5.13. The van der Waals surface area contributed by atoms with Crippen LogP contribution in [0.4, 0.5) is 24.8 Å². The number of nitrogens with one attached hydrogen (secondary N) is 1. The maximum atomic E-state index is 13.0. The van der Waals surface area contributed by atoms with Crippen LogP contribution in [0, 0.1) is 0 Å². The van der Waals surface area contributed by atoms with Gasteiger partial charge in [0, 0.05) is 5.69 Å². The second kappa shape index (κ2) is 7.23. The van der Waals surface area contributed by atoms with E-state index in [9.17, 15) is 22.8 Å². The molecule has 0 saturated heterocycles. The number of H-pyrrole nitrogens is 1. The average Bonchev–Trinajstić information content (AvgIpc) is 2.65. The fourth-order valence-electron chi connectivity index (χ4n) is 2.42. The second-order valence-corrected chi connectivity index (χ2v) is 5.70. The lowest BCUT2D eigenvalue weighted by molar-refractivity contribution is -0.170. The van der Waals surface area contributed by atoms with Crippen LogP contribution in [0.25, 0.3) is 11.2 Å². The summed E-state index contributed by atoms with van der Waals surface area (Å²) in [6, 6.07) is 5.29. The highest BCUT2D eigenvalue weighted by Gasteiger charge is 2.43. The van der Waals surface area contributed by atoms with Crippen molar-refractivity contribution in [3.05, 3.63) is 52.1 Å². The minimum Gasteiger partial charge on any atom is -0.392 e. The Morgan fingerprint density at radius 3 is 2.50 bits per heavy atom. The highest BCUT2D eigenvalue weighted by atomic mass is 19.4. The third-order valence-electron chi connectivity index (χ3n) is 3.72. The Morgan fingerprint density at radius 2 is 1.89 bits per heavy atom. The molecule has 0 spiro atoms. The normalized spacial score (nSPS) is 11.6. The van der Waals surface area contributed by atoms with Gasteiger partial charge < -0.3 is 10.8 Å². The molecule has 1 aromatic carbocycles. The highest BCUT2D eigenvalue weighted by molar-refractivity contribution is 5.97. The Bertz CT molecular complexity index is 1080. The largest absolute Gasteiger partial charge is 0.471 e. The molecule has 12 heteroatoms. The minimum absolute atomic E-state index is 0.0617. The SMILES string of the molecule is Nc1nc2ncc(CN(C(=O)C(F)(F)F)c3ccc(CO)cc3)nc2c(=O)[nH]1. The number of anilines is 2. The molecule has 0 atom stereocenters. The van der Waals surface area contributed by atoms with Gasteiger partial charge in [-0.3, -0.25) is 19.5 Å². The van der Waals surface area contributed by atoms with Crippen molar-refractivity contribution in [1.29, 1.82) is 0 Å². The van der Waals surface area contributed by atoms with Gasteiger partial charge in [-0.1, -0.05) is 12.1 Å². The molecule has 4 N–H and O–H groups in total. The van der Waals surface area contributed by atoms with E-state index in [1.807, 2.05) is 0 Å². The molecule has 0 bridgehead atoms. The van der Waals surface area contributed by atoms with E-state index in [1.165, 1.54) is 24.3 Å². The number of amides is 1. The van der Waals surface area contributed by atoms with Crippen molar-refractivity contribution in [3.63, 3.8) is 0 Å². The maximum absolute atomic E-state index is 13.0. The number of benzene rings is 1. The first-order valence-electron chi connectivity index (χ1n) is 7.79. The van der Waals surface area contributed by atoms with E-state index in [0.29, 0.717) is 10.5 Å². The van der Waals surface area contributed by atoms with Crippen molar-refractivity contribution in [2.24, 2.45) is 0 Å². The van der Waals surface area contributed by atoms with Crippen LogP contribution in [0.1, 0.15) is 11.3 Å². The lowest BCUT2D eigenvalue weighted by Crippen LogP contribution is -2.41. The predicted molar refractivity (Wildman–Crippen MR) is 92.0 cm³/mol. The molecule has 0 aliphatic rings. The summed E-state index contributed by atoms with van der Waals surface area (Å²) in [5, 5.41) is 9.06. The van der Waals surface area contributed by atoms with Crippen molar-refractivity contribution >= 4 is 28.7 Å². The summed E-state index contributed by atoms with van der Waals surface area (Å²) in [5.41, 5.74) is 4.73. The molecule has 3 rings (SSSR count).